The number of nitrogens with zero attached hydrogens (tertiary/aromatic N) is 4. The summed E-state index contributed by atoms with van der Waals surface area (Å²) in [6.07, 6.45) is 0. The lowest BCUT2D eigenvalue weighted by Gasteiger charge is -1.99. The molecule has 3 rings (SSSR count). The van der Waals surface area contributed by atoms with Crippen LogP contribution < -0.4 is 4.80 Å². The van der Waals surface area contributed by atoms with Gasteiger partial charge in [-0.3, -0.25) is 9.48 Å². The Morgan fingerprint density at radius 2 is 2.08 bits per heavy atom. The number of carbonyl (C=O) groups excluding carboxylic acids is 2. The summed E-state index contributed by atoms with van der Waals surface area (Å²) >= 11 is 1.34. The Bertz CT molecular complexity index is 1040. The lowest BCUT2D eigenvalue weighted by Crippen LogP contribution is -2.13. The van der Waals surface area contributed by atoms with E-state index in [9.17, 15) is 9.59 Å². The maximum atomic E-state index is 12.4. The summed E-state index contributed by atoms with van der Waals surface area (Å²) in [5.74, 6) is -0.779. The summed E-state index contributed by atoms with van der Waals surface area (Å²) in [4.78, 5) is 28.8. The molecule has 0 fully saturated rings. The first kappa shape index (κ1) is 17.1. The van der Waals surface area contributed by atoms with E-state index < -0.39 is 5.97 Å². The van der Waals surface area contributed by atoms with Crippen molar-refractivity contribution < 1.29 is 14.3 Å². The second-order valence-electron chi connectivity index (χ2n) is 5.52. The molecule has 2 aromatic heterocycles. The van der Waals surface area contributed by atoms with Crippen LogP contribution in [0.15, 0.2) is 29.3 Å². The third-order valence-electron chi connectivity index (χ3n) is 3.93. The number of carbonyl (C=O) groups is 2. The lowest BCUT2D eigenvalue weighted by molar-refractivity contribution is 0.0601. The molecular formula is C17H18N4O3S. The van der Waals surface area contributed by atoms with Gasteiger partial charge in [0.05, 0.1) is 22.9 Å². The van der Waals surface area contributed by atoms with Crippen molar-refractivity contribution in [3.63, 3.8) is 0 Å². The van der Waals surface area contributed by atoms with Gasteiger partial charge in [0.25, 0.3) is 5.91 Å². The Kier molecular flexibility index (Phi) is 4.54. The number of methoxy groups -OCH3 is 1. The van der Waals surface area contributed by atoms with Crippen LogP contribution in [0.2, 0.25) is 0 Å². The molecule has 7 nitrogen and oxygen atoms in total. The van der Waals surface area contributed by atoms with Crippen LogP contribution in [0.1, 0.15) is 33.5 Å². The van der Waals surface area contributed by atoms with Crippen LogP contribution in [-0.4, -0.2) is 33.3 Å². The topological polar surface area (TPSA) is 78.5 Å². The maximum Gasteiger partial charge on any atom is 0.337 e. The average Bonchev–Trinajstić information content (AvgIpc) is 3.14. The fourth-order valence-corrected chi connectivity index (χ4v) is 3.62. The number of aryl methyl sites for hydroxylation is 3. The minimum atomic E-state index is -0.395. The van der Waals surface area contributed by atoms with Crippen molar-refractivity contribution in [1.29, 1.82) is 0 Å². The zero-order chi connectivity index (χ0) is 18.1. The molecule has 25 heavy (non-hydrogen) atoms. The Hall–Kier alpha value is -2.74. The predicted octanol–water partition coefficient (Wildman–Crippen LogP) is 2.29. The van der Waals surface area contributed by atoms with Gasteiger partial charge in [0, 0.05) is 19.3 Å². The van der Waals surface area contributed by atoms with Crippen LogP contribution >= 0.6 is 11.3 Å². The molecule has 0 aliphatic carbocycles. The molecule has 0 spiro atoms. The van der Waals surface area contributed by atoms with E-state index in [1.54, 1.807) is 22.9 Å². The van der Waals surface area contributed by atoms with Crippen molar-refractivity contribution in [1.82, 2.24) is 14.3 Å². The van der Waals surface area contributed by atoms with E-state index >= 15 is 0 Å². The van der Waals surface area contributed by atoms with Gasteiger partial charge in [0.1, 0.15) is 0 Å². The molecule has 0 saturated heterocycles. The van der Waals surface area contributed by atoms with Gasteiger partial charge >= 0.3 is 5.97 Å². The molecule has 0 aliphatic heterocycles. The van der Waals surface area contributed by atoms with E-state index in [0.717, 1.165) is 15.9 Å². The number of benzene rings is 1. The first-order valence-electron chi connectivity index (χ1n) is 7.76. The molecule has 0 atom stereocenters. The zero-order valence-electron chi connectivity index (χ0n) is 14.4. The van der Waals surface area contributed by atoms with Crippen molar-refractivity contribution in [3.8, 4) is 0 Å². The van der Waals surface area contributed by atoms with Crippen LogP contribution in [0.5, 0.6) is 0 Å². The summed E-state index contributed by atoms with van der Waals surface area (Å²) in [5, 5.41) is 4.26. The van der Waals surface area contributed by atoms with Crippen molar-refractivity contribution in [2.45, 2.75) is 20.4 Å². The molecule has 0 unspecified atom stereocenters. The van der Waals surface area contributed by atoms with Gasteiger partial charge in [0.15, 0.2) is 10.5 Å². The van der Waals surface area contributed by atoms with Crippen LogP contribution in [0.4, 0.5) is 0 Å². The third-order valence-corrected chi connectivity index (χ3v) is 5.02. The molecule has 0 saturated carbocycles. The first-order chi connectivity index (χ1) is 11.9. The predicted molar refractivity (Wildman–Crippen MR) is 94.7 cm³/mol. The average molecular weight is 358 g/mol. The summed E-state index contributed by atoms with van der Waals surface area (Å²) < 4.78 is 9.18. The monoisotopic (exact) mass is 358 g/mol. The van der Waals surface area contributed by atoms with Crippen molar-refractivity contribution in [2.75, 3.05) is 7.11 Å². The number of aromatic nitrogens is 3. The van der Waals surface area contributed by atoms with Crippen LogP contribution in [0, 0.1) is 6.92 Å². The molecule has 1 aromatic carbocycles. The number of hydrogen-bond donors (Lipinski definition) is 0. The number of ether oxygens (including phenoxy) is 1. The van der Waals surface area contributed by atoms with E-state index in [0.29, 0.717) is 22.6 Å². The van der Waals surface area contributed by atoms with Gasteiger partial charge in [-0.2, -0.15) is 10.1 Å². The Labute approximate surface area is 148 Å². The number of thiazole rings is 1. The number of rotatable bonds is 3. The second-order valence-corrected chi connectivity index (χ2v) is 6.53. The molecular weight excluding hydrogens is 340 g/mol. The van der Waals surface area contributed by atoms with Crippen LogP contribution in [-0.2, 0) is 18.3 Å². The molecule has 0 bridgehead atoms. The van der Waals surface area contributed by atoms with Gasteiger partial charge in [-0.05, 0) is 38.1 Å². The van der Waals surface area contributed by atoms with Gasteiger partial charge in [-0.15, -0.1) is 0 Å². The Morgan fingerprint density at radius 1 is 1.32 bits per heavy atom. The molecule has 0 N–H and O–H groups in total. The minimum Gasteiger partial charge on any atom is -0.465 e. The summed E-state index contributed by atoms with van der Waals surface area (Å²) in [6.45, 7) is 4.57. The summed E-state index contributed by atoms with van der Waals surface area (Å²) in [7, 11) is 3.18. The molecule has 8 heteroatoms. The van der Waals surface area contributed by atoms with Gasteiger partial charge < -0.3 is 9.30 Å². The third kappa shape index (κ3) is 3.12. The number of hydrogen-bond acceptors (Lipinski definition) is 5. The highest BCUT2D eigenvalue weighted by molar-refractivity contribution is 7.16. The highest BCUT2D eigenvalue weighted by Gasteiger charge is 2.13. The highest BCUT2D eigenvalue weighted by Crippen LogP contribution is 2.19. The van der Waals surface area contributed by atoms with E-state index in [1.165, 1.54) is 18.4 Å². The SMILES string of the molecule is CCn1nc(C(=O)N=c2sc3cc(C(=O)OC)ccc3n2C)cc1C. The molecule has 0 radical (unpaired) electrons. The molecule has 0 aliphatic rings. The molecule has 2 heterocycles. The summed E-state index contributed by atoms with van der Waals surface area (Å²) in [5.41, 5.74) is 2.60. The number of amides is 1. The largest absolute Gasteiger partial charge is 0.465 e. The standard InChI is InChI=1S/C17H18N4O3S/c1-5-21-10(2)8-12(19-21)15(22)18-17-20(3)13-7-6-11(16(23)24-4)9-14(13)25-17/h6-9H,5H2,1-4H3. The fraction of sp³-hybridized carbons (Fsp3) is 0.294. The molecule has 3 aromatic rings. The smallest absolute Gasteiger partial charge is 0.337 e. The molecule has 1 amide bonds. The van der Waals surface area contributed by atoms with Gasteiger partial charge in [0.2, 0.25) is 0 Å². The van der Waals surface area contributed by atoms with E-state index in [1.807, 2.05) is 31.5 Å². The number of fused-ring (bicyclic) bond motifs is 1. The maximum absolute atomic E-state index is 12.4. The van der Waals surface area contributed by atoms with E-state index in [-0.39, 0.29) is 5.91 Å². The number of esters is 1. The van der Waals surface area contributed by atoms with Crippen molar-refractivity contribution in [3.05, 3.63) is 46.0 Å². The molecule has 130 valence electrons. The normalized spacial score (nSPS) is 11.9. The second kappa shape index (κ2) is 6.64. The van der Waals surface area contributed by atoms with Crippen molar-refractivity contribution in [2.24, 2.45) is 12.0 Å². The minimum absolute atomic E-state index is 0.326. The van der Waals surface area contributed by atoms with E-state index in [2.05, 4.69) is 10.1 Å². The van der Waals surface area contributed by atoms with E-state index in [4.69, 9.17) is 4.74 Å². The van der Waals surface area contributed by atoms with Gasteiger partial charge in [-0.1, -0.05) is 11.3 Å². The van der Waals surface area contributed by atoms with Crippen LogP contribution in [0.25, 0.3) is 10.2 Å². The quantitative estimate of drug-likeness (QED) is 0.673. The van der Waals surface area contributed by atoms with Gasteiger partial charge in [-0.25, -0.2) is 4.79 Å². The Morgan fingerprint density at radius 3 is 2.72 bits per heavy atom. The first-order valence-corrected chi connectivity index (χ1v) is 8.57. The lowest BCUT2D eigenvalue weighted by atomic mass is 10.2. The Balaban J connectivity index is 2.05. The van der Waals surface area contributed by atoms with Crippen LogP contribution in [0.3, 0.4) is 0 Å². The fourth-order valence-electron chi connectivity index (χ4n) is 2.56. The highest BCUT2D eigenvalue weighted by atomic mass is 32.1. The summed E-state index contributed by atoms with van der Waals surface area (Å²) in [6, 6.07) is 6.99. The van der Waals surface area contributed by atoms with Crippen molar-refractivity contribution >= 4 is 33.4 Å². The zero-order valence-corrected chi connectivity index (χ0v) is 15.3.